The standard InChI is InChI=1S/C14H13ClN4O2S/c1-8-3-5-9(6-4-8)14(2)12(20)19(13(21)16-14)7-10-11(15)22-18-17-10/h3-6H,7H2,1-2H3,(H,16,21)/t14-/m0/s1. The van der Waals surface area contributed by atoms with Crippen LogP contribution in [0.3, 0.4) is 0 Å². The van der Waals surface area contributed by atoms with E-state index in [1.165, 1.54) is 0 Å². The topological polar surface area (TPSA) is 75.2 Å². The van der Waals surface area contributed by atoms with Crippen molar-refractivity contribution in [1.29, 1.82) is 0 Å². The van der Waals surface area contributed by atoms with Gasteiger partial charge in [-0.1, -0.05) is 45.9 Å². The molecule has 1 aliphatic rings. The molecule has 6 nitrogen and oxygen atoms in total. The first kappa shape index (κ1) is 14.9. The van der Waals surface area contributed by atoms with Crippen LogP contribution in [0, 0.1) is 6.92 Å². The second-order valence-corrected chi connectivity index (χ2v) is 6.66. The minimum absolute atomic E-state index is 0.0153. The fourth-order valence-electron chi connectivity index (χ4n) is 2.36. The molecule has 114 valence electrons. The molecule has 0 radical (unpaired) electrons. The van der Waals surface area contributed by atoms with Crippen LogP contribution in [0.2, 0.25) is 4.34 Å². The van der Waals surface area contributed by atoms with Crippen LogP contribution >= 0.6 is 23.1 Å². The highest BCUT2D eigenvalue weighted by atomic mass is 35.5. The van der Waals surface area contributed by atoms with Crippen LogP contribution in [-0.2, 0) is 16.9 Å². The number of aryl methyl sites for hydroxylation is 1. The van der Waals surface area contributed by atoms with Gasteiger partial charge >= 0.3 is 6.03 Å². The number of halogens is 1. The van der Waals surface area contributed by atoms with Gasteiger partial charge in [0.05, 0.1) is 6.54 Å². The average Bonchev–Trinajstić information content (AvgIpc) is 2.97. The quantitative estimate of drug-likeness (QED) is 0.874. The van der Waals surface area contributed by atoms with E-state index in [1.807, 2.05) is 31.2 Å². The van der Waals surface area contributed by atoms with E-state index >= 15 is 0 Å². The van der Waals surface area contributed by atoms with Crippen LogP contribution in [0.5, 0.6) is 0 Å². The first-order valence-corrected chi connectivity index (χ1v) is 7.75. The van der Waals surface area contributed by atoms with Crippen molar-refractivity contribution in [2.75, 3.05) is 0 Å². The first-order chi connectivity index (χ1) is 10.4. The summed E-state index contributed by atoms with van der Waals surface area (Å²) in [4.78, 5) is 26.0. The van der Waals surface area contributed by atoms with Crippen molar-refractivity contribution >= 4 is 35.1 Å². The molecule has 1 aliphatic heterocycles. The lowest BCUT2D eigenvalue weighted by atomic mass is 9.91. The maximum atomic E-state index is 12.7. The predicted octanol–water partition coefficient (Wildman–Crippen LogP) is 2.47. The zero-order valence-corrected chi connectivity index (χ0v) is 13.5. The molecule has 0 spiro atoms. The average molecular weight is 337 g/mol. The van der Waals surface area contributed by atoms with E-state index in [-0.39, 0.29) is 12.5 Å². The molecule has 1 aromatic carbocycles. The molecule has 1 N–H and O–H groups in total. The number of nitrogens with zero attached hydrogens (tertiary/aromatic N) is 3. The van der Waals surface area contributed by atoms with Crippen molar-refractivity contribution in [1.82, 2.24) is 19.8 Å². The van der Waals surface area contributed by atoms with Gasteiger partial charge in [-0.05, 0) is 19.4 Å². The Morgan fingerprint density at radius 3 is 2.59 bits per heavy atom. The predicted molar refractivity (Wildman–Crippen MR) is 82.5 cm³/mol. The number of imide groups is 1. The Morgan fingerprint density at radius 2 is 2.00 bits per heavy atom. The van der Waals surface area contributed by atoms with Gasteiger partial charge in [0.15, 0.2) is 0 Å². The SMILES string of the molecule is Cc1ccc([C@]2(C)NC(=O)N(Cc3nnsc3Cl)C2=O)cc1. The van der Waals surface area contributed by atoms with E-state index in [4.69, 9.17) is 11.6 Å². The molecule has 3 amide bonds. The van der Waals surface area contributed by atoms with Gasteiger partial charge in [-0.2, -0.15) is 0 Å². The molecule has 2 heterocycles. The number of nitrogens with one attached hydrogen (secondary N) is 1. The van der Waals surface area contributed by atoms with Crippen LogP contribution in [0.15, 0.2) is 24.3 Å². The zero-order chi connectivity index (χ0) is 15.9. The largest absolute Gasteiger partial charge is 0.325 e. The van der Waals surface area contributed by atoms with Crippen molar-refractivity contribution in [3.8, 4) is 0 Å². The van der Waals surface area contributed by atoms with Gasteiger partial charge in [-0.3, -0.25) is 9.69 Å². The van der Waals surface area contributed by atoms with Crippen LogP contribution in [0.4, 0.5) is 4.79 Å². The fraction of sp³-hybridized carbons (Fsp3) is 0.286. The summed E-state index contributed by atoms with van der Waals surface area (Å²) in [5.74, 6) is -0.328. The Morgan fingerprint density at radius 1 is 1.32 bits per heavy atom. The van der Waals surface area contributed by atoms with Gasteiger partial charge in [0, 0.05) is 11.5 Å². The molecule has 1 fully saturated rings. The number of rotatable bonds is 3. The third-order valence-electron chi connectivity index (χ3n) is 3.72. The van der Waals surface area contributed by atoms with Gasteiger partial charge in [0.1, 0.15) is 15.6 Å². The van der Waals surface area contributed by atoms with Crippen molar-refractivity contribution < 1.29 is 9.59 Å². The van der Waals surface area contributed by atoms with Crippen LogP contribution in [0.25, 0.3) is 0 Å². The number of hydrogen-bond donors (Lipinski definition) is 1. The Balaban J connectivity index is 1.90. The van der Waals surface area contributed by atoms with E-state index in [9.17, 15) is 9.59 Å². The molecule has 0 aliphatic carbocycles. The molecule has 0 saturated carbocycles. The first-order valence-electron chi connectivity index (χ1n) is 6.60. The summed E-state index contributed by atoms with van der Waals surface area (Å²) < 4.78 is 4.09. The van der Waals surface area contributed by atoms with Gasteiger partial charge in [0.25, 0.3) is 5.91 Å². The minimum atomic E-state index is -1.08. The van der Waals surface area contributed by atoms with Gasteiger partial charge in [-0.15, -0.1) is 5.10 Å². The smallest absolute Gasteiger partial charge is 0.319 e. The molecule has 1 saturated heterocycles. The third-order valence-corrected chi connectivity index (χ3v) is 4.71. The van der Waals surface area contributed by atoms with Crippen molar-refractivity contribution in [2.45, 2.75) is 25.9 Å². The number of hydrogen-bond acceptors (Lipinski definition) is 5. The maximum absolute atomic E-state index is 12.7. The molecular weight excluding hydrogens is 324 g/mol. The molecule has 3 rings (SSSR count). The van der Waals surface area contributed by atoms with E-state index < -0.39 is 11.6 Å². The molecule has 8 heteroatoms. The van der Waals surface area contributed by atoms with Gasteiger partial charge < -0.3 is 5.32 Å². The summed E-state index contributed by atoms with van der Waals surface area (Å²) in [6.07, 6.45) is 0. The van der Waals surface area contributed by atoms with E-state index in [2.05, 4.69) is 14.9 Å². The molecular formula is C14H13ClN4O2S. The lowest BCUT2D eigenvalue weighted by Crippen LogP contribution is -2.40. The summed E-state index contributed by atoms with van der Waals surface area (Å²) in [5.41, 5.74) is 1.16. The number of urea groups is 1. The second-order valence-electron chi connectivity index (χ2n) is 5.31. The fourth-order valence-corrected chi connectivity index (χ4v) is 2.98. The Bertz CT molecular complexity index is 746. The molecule has 22 heavy (non-hydrogen) atoms. The lowest BCUT2D eigenvalue weighted by molar-refractivity contribution is -0.131. The third kappa shape index (κ3) is 2.36. The number of benzene rings is 1. The highest BCUT2D eigenvalue weighted by molar-refractivity contribution is 7.10. The summed E-state index contributed by atoms with van der Waals surface area (Å²) in [5, 5.41) is 6.59. The lowest BCUT2D eigenvalue weighted by Gasteiger charge is -2.22. The van der Waals surface area contributed by atoms with Crippen LogP contribution in [-0.4, -0.2) is 26.4 Å². The molecule has 0 unspecified atom stereocenters. The molecule has 2 aromatic rings. The van der Waals surface area contributed by atoms with E-state index in [1.54, 1.807) is 6.92 Å². The van der Waals surface area contributed by atoms with Crippen molar-refractivity contribution in [3.05, 3.63) is 45.4 Å². The number of carbonyl (C=O) groups is 2. The number of aromatic nitrogens is 2. The monoisotopic (exact) mass is 336 g/mol. The van der Waals surface area contributed by atoms with Crippen molar-refractivity contribution in [2.24, 2.45) is 0 Å². The molecule has 0 bridgehead atoms. The number of carbonyl (C=O) groups excluding carboxylic acids is 2. The van der Waals surface area contributed by atoms with Gasteiger partial charge in [0.2, 0.25) is 0 Å². The Kier molecular flexibility index (Phi) is 3.62. The zero-order valence-electron chi connectivity index (χ0n) is 12.0. The Hall–Kier alpha value is -1.99. The summed E-state index contributed by atoms with van der Waals surface area (Å²) in [7, 11) is 0. The van der Waals surface area contributed by atoms with Crippen LogP contribution in [0.1, 0.15) is 23.7 Å². The second kappa shape index (κ2) is 5.33. The summed E-state index contributed by atoms with van der Waals surface area (Å²) in [6, 6.07) is 7.04. The summed E-state index contributed by atoms with van der Waals surface area (Å²) in [6.45, 7) is 3.67. The maximum Gasteiger partial charge on any atom is 0.325 e. The van der Waals surface area contributed by atoms with Crippen LogP contribution < -0.4 is 5.32 Å². The minimum Gasteiger partial charge on any atom is -0.319 e. The normalized spacial score (nSPS) is 21.3. The van der Waals surface area contributed by atoms with E-state index in [0.717, 1.165) is 27.6 Å². The highest BCUT2D eigenvalue weighted by Gasteiger charge is 2.49. The van der Waals surface area contributed by atoms with E-state index in [0.29, 0.717) is 10.0 Å². The van der Waals surface area contributed by atoms with Crippen molar-refractivity contribution in [3.63, 3.8) is 0 Å². The molecule has 1 atom stereocenters. The summed E-state index contributed by atoms with van der Waals surface area (Å²) >= 11 is 6.97. The molecule has 1 aromatic heterocycles. The Labute approximate surface area is 136 Å². The highest BCUT2D eigenvalue weighted by Crippen LogP contribution is 2.30. The van der Waals surface area contributed by atoms with Gasteiger partial charge in [-0.25, -0.2) is 4.79 Å². The number of amides is 3.